The van der Waals surface area contributed by atoms with Crippen molar-refractivity contribution in [2.75, 3.05) is 6.54 Å². The zero-order chi connectivity index (χ0) is 15.6. The molecule has 2 unspecified atom stereocenters. The van der Waals surface area contributed by atoms with Gasteiger partial charge in [-0.15, -0.1) is 0 Å². The van der Waals surface area contributed by atoms with Gasteiger partial charge in [0.1, 0.15) is 0 Å². The van der Waals surface area contributed by atoms with Crippen LogP contribution in [0.4, 0.5) is 0 Å². The van der Waals surface area contributed by atoms with E-state index in [1.807, 2.05) is 30.3 Å². The molecular formula is C21H23NO. The number of carbonyl (C=O) groups excluding carboxylic acids is 1. The van der Waals surface area contributed by atoms with E-state index < -0.39 is 0 Å². The van der Waals surface area contributed by atoms with E-state index in [1.165, 1.54) is 43.2 Å². The Morgan fingerprint density at radius 2 is 1.52 bits per heavy atom. The molecule has 1 amide bonds. The molecule has 1 aliphatic heterocycles. The average Bonchev–Trinajstić information content (AvgIpc) is 3.06. The van der Waals surface area contributed by atoms with Gasteiger partial charge in [-0.2, -0.15) is 0 Å². The molecule has 2 fully saturated rings. The Morgan fingerprint density at radius 1 is 0.826 bits per heavy atom. The minimum Gasteiger partial charge on any atom is -0.335 e. The highest BCUT2D eigenvalue weighted by molar-refractivity contribution is 5.95. The van der Waals surface area contributed by atoms with Crippen LogP contribution in [0.15, 0.2) is 54.6 Å². The monoisotopic (exact) mass is 305 g/mol. The third-order valence-corrected chi connectivity index (χ3v) is 5.51. The van der Waals surface area contributed by atoms with Gasteiger partial charge in [-0.3, -0.25) is 4.79 Å². The van der Waals surface area contributed by atoms with Crippen molar-refractivity contribution < 1.29 is 4.79 Å². The van der Waals surface area contributed by atoms with E-state index in [0.29, 0.717) is 6.04 Å². The van der Waals surface area contributed by atoms with Gasteiger partial charge in [0.05, 0.1) is 0 Å². The normalized spacial score (nSPS) is 23.6. The van der Waals surface area contributed by atoms with Crippen molar-refractivity contribution in [2.45, 2.75) is 38.1 Å². The van der Waals surface area contributed by atoms with Crippen LogP contribution in [0, 0.1) is 5.92 Å². The summed E-state index contributed by atoms with van der Waals surface area (Å²) in [5, 5.41) is 0. The molecule has 0 bridgehead atoms. The summed E-state index contributed by atoms with van der Waals surface area (Å²) in [6.07, 6.45) is 6.31. The molecule has 4 rings (SSSR count). The maximum Gasteiger partial charge on any atom is 0.254 e. The number of likely N-dealkylation sites (tertiary alicyclic amines) is 1. The average molecular weight is 305 g/mol. The molecule has 1 saturated heterocycles. The highest BCUT2D eigenvalue weighted by Gasteiger charge is 2.38. The molecule has 0 radical (unpaired) electrons. The SMILES string of the molecule is O=C(c1ccc(-c2ccccc2)cc1)N1CCC2CCCCC21. The fourth-order valence-electron chi connectivity index (χ4n) is 4.26. The van der Waals surface area contributed by atoms with Gasteiger partial charge in [-0.1, -0.05) is 55.3 Å². The maximum absolute atomic E-state index is 12.9. The highest BCUT2D eigenvalue weighted by atomic mass is 16.2. The predicted molar refractivity (Wildman–Crippen MR) is 93.3 cm³/mol. The largest absolute Gasteiger partial charge is 0.335 e. The molecule has 118 valence electrons. The van der Waals surface area contributed by atoms with E-state index in [0.717, 1.165) is 18.0 Å². The van der Waals surface area contributed by atoms with Crippen molar-refractivity contribution in [1.82, 2.24) is 4.90 Å². The number of hydrogen-bond donors (Lipinski definition) is 0. The molecule has 2 heteroatoms. The van der Waals surface area contributed by atoms with E-state index in [4.69, 9.17) is 0 Å². The lowest BCUT2D eigenvalue weighted by Gasteiger charge is -2.31. The van der Waals surface area contributed by atoms with Gasteiger partial charge in [0, 0.05) is 18.2 Å². The smallest absolute Gasteiger partial charge is 0.254 e. The van der Waals surface area contributed by atoms with E-state index in [9.17, 15) is 4.79 Å². The zero-order valence-corrected chi connectivity index (χ0v) is 13.4. The van der Waals surface area contributed by atoms with Crippen LogP contribution in [-0.2, 0) is 0 Å². The van der Waals surface area contributed by atoms with Crippen molar-refractivity contribution in [3.05, 3.63) is 60.2 Å². The molecule has 1 saturated carbocycles. The first-order valence-electron chi connectivity index (χ1n) is 8.79. The van der Waals surface area contributed by atoms with Crippen LogP contribution >= 0.6 is 0 Å². The summed E-state index contributed by atoms with van der Waals surface area (Å²) >= 11 is 0. The summed E-state index contributed by atoms with van der Waals surface area (Å²) in [5.41, 5.74) is 3.19. The summed E-state index contributed by atoms with van der Waals surface area (Å²) in [5.74, 6) is 0.968. The second-order valence-electron chi connectivity index (χ2n) is 6.84. The molecule has 1 heterocycles. The van der Waals surface area contributed by atoms with E-state index in [-0.39, 0.29) is 5.91 Å². The molecular weight excluding hydrogens is 282 g/mol. The molecule has 0 spiro atoms. The van der Waals surface area contributed by atoms with Crippen molar-refractivity contribution >= 4 is 5.91 Å². The molecule has 2 aromatic rings. The Labute approximate surface area is 138 Å². The van der Waals surface area contributed by atoms with Gasteiger partial charge < -0.3 is 4.90 Å². The topological polar surface area (TPSA) is 20.3 Å². The van der Waals surface area contributed by atoms with Crippen LogP contribution < -0.4 is 0 Å². The van der Waals surface area contributed by atoms with Gasteiger partial charge in [-0.05, 0) is 48.4 Å². The van der Waals surface area contributed by atoms with Crippen LogP contribution in [0.25, 0.3) is 11.1 Å². The van der Waals surface area contributed by atoms with Crippen molar-refractivity contribution in [1.29, 1.82) is 0 Å². The summed E-state index contributed by atoms with van der Waals surface area (Å²) < 4.78 is 0. The number of amides is 1. The molecule has 1 aliphatic carbocycles. The lowest BCUT2D eigenvalue weighted by Crippen LogP contribution is -2.39. The Kier molecular flexibility index (Phi) is 3.90. The van der Waals surface area contributed by atoms with Crippen LogP contribution in [0.5, 0.6) is 0 Å². The predicted octanol–water partition coefficient (Wildman–Crippen LogP) is 4.76. The number of fused-ring (bicyclic) bond motifs is 1. The van der Waals surface area contributed by atoms with Gasteiger partial charge in [-0.25, -0.2) is 0 Å². The number of carbonyl (C=O) groups is 1. The first-order valence-corrected chi connectivity index (χ1v) is 8.79. The Hall–Kier alpha value is -2.09. The fourth-order valence-corrected chi connectivity index (χ4v) is 4.26. The van der Waals surface area contributed by atoms with Crippen molar-refractivity contribution in [3.63, 3.8) is 0 Å². The zero-order valence-electron chi connectivity index (χ0n) is 13.4. The van der Waals surface area contributed by atoms with Gasteiger partial charge in [0.25, 0.3) is 5.91 Å². The van der Waals surface area contributed by atoms with Gasteiger partial charge >= 0.3 is 0 Å². The second-order valence-corrected chi connectivity index (χ2v) is 6.84. The summed E-state index contributed by atoms with van der Waals surface area (Å²) in [6, 6.07) is 18.9. The van der Waals surface area contributed by atoms with Crippen LogP contribution in [0.2, 0.25) is 0 Å². The lowest BCUT2D eigenvalue weighted by atomic mass is 9.85. The molecule has 0 aromatic heterocycles. The number of rotatable bonds is 2. The molecule has 23 heavy (non-hydrogen) atoms. The first kappa shape index (κ1) is 14.5. The Morgan fingerprint density at radius 3 is 2.30 bits per heavy atom. The highest BCUT2D eigenvalue weighted by Crippen LogP contribution is 2.36. The number of benzene rings is 2. The summed E-state index contributed by atoms with van der Waals surface area (Å²) in [6.45, 7) is 0.939. The summed E-state index contributed by atoms with van der Waals surface area (Å²) in [4.78, 5) is 15.0. The first-order chi connectivity index (χ1) is 11.3. The van der Waals surface area contributed by atoms with Crippen LogP contribution in [0.3, 0.4) is 0 Å². The minimum atomic E-state index is 0.221. The standard InChI is InChI=1S/C21H23NO/c23-21(22-15-14-18-8-4-5-9-20(18)22)19-12-10-17(11-13-19)16-6-2-1-3-7-16/h1-3,6-7,10-13,18,20H,4-5,8-9,14-15H2. The van der Waals surface area contributed by atoms with Crippen LogP contribution in [-0.4, -0.2) is 23.4 Å². The second kappa shape index (κ2) is 6.19. The number of nitrogens with zero attached hydrogens (tertiary/aromatic N) is 1. The van der Waals surface area contributed by atoms with E-state index >= 15 is 0 Å². The lowest BCUT2D eigenvalue weighted by molar-refractivity contribution is 0.0690. The quantitative estimate of drug-likeness (QED) is 0.783. The van der Waals surface area contributed by atoms with E-state index in [1.54, 1.807) is 0 Å². The van der Waals surface area contributed by atoms with Gasteiger partial charge in [0.15, 0.2) is 0 Å². The molecule has 2 aromatic carbocycles. The third kappa shape index (κ3) is 2.78. The molecule has 2 atom stereocenters. The Balaban J connectivity index is 1.53. The minimum absolute atomic E-state index is 0.221. The Bertz CT molecular complexity index is 677. The molecule has 2 nitrogen and oxygen atoms in total. The number of hydrogen-bond acceptors (Lipinski definition) is 1. The maximum atomic E-state index is 12.9. The summed E-state index contributed by atoms with van der Waals surface area (Å²) in [7, 11) is 0. The van der Waals surface area contributed by atoms with Crippen molar-refractivity contribution in [3.8, 4) is 11.1 Å². The van der Waals surface area contributed by atoms with Crippen LogP contribution in [0.1, 0.15) is 42.5 Å². The van der Waals surface area contributed by atoms with Gasteiger partial charge in [0.2, 0.25) is 0 Å². The van der Waals surface area contributed by atoms with Crippen molar-refractivity contribution in [2.24, 2.45) is 5.92 Å². The van der Waals surface area contributed by atoms with E-state index in [2.05, 4.69) is 29.2 Å². The third-order valence-electron chi connectivity index (χ3n) is 5.51. The fraction of sp³-hybridized carbons (Fsp3) is 0.381. The molecule has 2 aliphatic rings. The molecule has 0 N–H and O–H groups in total.